The maximum absolute atomic E-state index is 5.57. The van der Waals surface area contributed by atoms with E-state index in [4.69, 9.17) is 10.3 Å². The number of thioether (sulfide) groups is 1. The molecule has 0 aliphatic heterocycles. The lowest BCUT2D eigenvalue weighted by Crippen LogP contribution is -1.95. The zero-order chi connectivity index (χ0) is 10.5. The van der Waals surface area contributed by atoms with Crippen LogP contribution >= 0.6 is 11.8 Å². The molecule has 0 amide bonds. The van der Waals surface area contributed by atoms with Gasteiger partial charge in [-0.15, -0.1) is 11.8 Å². The van der Waals surface area contributed by atoms with E-state index in [0.29, 0.717) is 6.54 Å². The van der Waals surface area contributed by atoms with Gasteiger partial charge in [0, 0.05) is 17.5 Å². The highest BCUT2D eigenvalue weighted by Gasteiger charge is 1.99. The van der Waals surface area contributed by atoms with Crippen LogP contribution in [-0.2, 0) is 12.3 Å². The average Bonchev–Trinajstić information content (AvgIpc) is 2.79. The number of nitrogens with zero attached hydrogens (tertiary/aromatic N) is 1. The normalized spacial score (nSPS) is 10.5. The van der Waals surface area contributed by atoms with Gasteiger partial charge in [-0.2, -0.15) is 0 Å². The van der Waals surface area contributed by atoms with E-state index >= 15 is 0 Å². The van der Waals surface area contributed by atoms with Crippen LogP contribution in [-0.4, -0.2) is 5.16 Å². The molecular weight excluding hydrogens is 208 g/mol. The summed E-state index contributed by atoms with van der Waals surface area (Å²) in [5.41, 5.74) is 6.72. The minimum atomic E-state index is 0.580. The number of nitrogens with two attached hydrogens (primary N) is 1. The van der Waals surface area contributed by atoms with Gasteiger partial charge in [-0.25, -0.2) is 0 Å². The Balaban J connectivity index is 1.98. The van der Waals surface area contributed by atoms with Crippen LogP contribution in [0.3, 0.4) is 0 Å². The van der Waals surface area contributed by atoms with Crippen LogP contribution in [0.1, 0.15) is 11.3 Å². The molecule has 3 nitrogen and oxygen atoms in total. The minimum absolute atomic E-state index is 0.580. The van der Waals surface area contributed by atoms with Gasteiger partial charge in [0.1, 0.15) is 5.76 Å². The summed E-state index contributed by atoms with van der Waals surface area (Å²) >= 11 is 1.72. The fourth-order valence-corrected chi connectivity index (χ4v) is 2.10. The number of hydrogen-bond acceptors (Lipinski definition) is 4. The second kappa shape index (κ2) is 5.00. The zero-order valence-corrected chi connectivity index (χ0v) is 9.04. The third kappa shape index (κ3) is 2.84. The van der Waals surface area contributed by atoms with Gasteiger partial charge in [0.2, 0.25) is 0 Å². The van der Waals surface area contributed by atoms with Crippen molar-refractivity contribution in [2.75, 3.05) is 0 Å². The van der Waals surface area contributed by atoms with E-state index in [-0.39, 0.29) is 0 Å². The first-order valence-electron chi connectivity index (χ1n) is 4.70. The molecule has 1 aromatic heterocycles. The van der Waals surface area contributed by atoms with E-state index in [1.54, 1.807) is 18.0 Å². The third-order valence-corrected chi connectivity index (χ3v) is 3.02. The topological polar surface area (TPSA) is 52.0 Å². The summed E-state index contributed by atoms with van der Waals surface area (Å²) in [4.78, 5) is 1.20. The van der Waals surface area contributed by atoms with Crippen LogP contribution < -0.4 is 5.73 Å². The summed E-state index contributed by atoms with van der Waals surface area (Å²) in [5.74, 6) is 1.69. The van der Waals surface area contributed by atoms with Gasteiger partial charge in [-0.1, -0.05) is 17.3 Å². The quantitative estimate of drug-likeness (QED) is 0.804. The van der Waals surface area contributed by atoms with Crippen molar-refractivity contribution in [3.05, 3.63) is 47.9 Å². The van der Waals surface area contributed by atoms with Gasteiger partial charge in [0.25, 0.3) is 0 Å². The fraction of sp³-hybridized carbons (Fsp3) is 0.182. The molecule has 2 N–H and O–H groups in total. The Morgan fingerprint density at radius 1 is 1.33 bits per heavy atom. The van der Waals surface area contributed by atoms with E-state index in [1.165, 1.54) is 4.90 Å². The van der Waals surface area contributed by atoms with Crippen LogP contribution in [0.25, 0.3) is 0 Å². The lowest BCUT2D eigenvalue weighted by Gasteiger charge is -2.01. The maximum atomic E-state index is 5.57. The molecule has 0 radical (unpaired) electrons. The Hall–Kier alpha value is -1.26. The van der Waals surface area contributed by atoms with Crippen molar-refractivity contribution >= 4 is 11.8 Å². The lowest BCUT2D eigenvalue weighted by molar-refractivity contribution is 0.395. The third-order valence-electron chi connectivity index (χ3n) is 2.01. The molecule has 0 atom stereocenters. The molecule has 0 spiro atoms. The molecule has 0 bridgehead atoms. The molecule has 0 aliphatic rings. The monoisotopic (exact) mass is 220 g/mol. The summed E-state index contributed by atoms with van der Waals surface area (Å²) in [6.45, 7) is 0.580. The summed E-state index contributed by atoms with van der Waals surface area (Å²) in [6, 6.07) is 10.1. The molecule has 1 heterocycles. The molecule has 0 fully saturated rings. The second-order valence-corrected chi connectivity index (χ2v) is 4.17. The highest BCUT2D eigenvalue weighted by Crippen LogP contribution is 2.23. The van der Waals surface area contributed by atoms with Crippen LogP contribution in [0.4, 0.5) is 0 Å². The number of rotatable bonds is 4. The lowest BCUT2D eigenvalue weighted by atomic mass is 10.2. The van der Waals surface area contributed by atoms with Crippen LogP contribution in [0.15, 0.2) is 45.9 Å². The van der Waals surface area contributed by atoms with Crippen molar-refractivity contribution in [1.82, 2.24) is 5.16 Å². The van der Waals surface area contributed by atoms with Crippen molar-refractivity contribution < 1.29 is 4.52 Å². The van der Waals surface area contributed by atoms with E-state index in [2.05, 4.69) is 17.3 Å². The second-order valence-electron chi connectivity index (χ2n) is 3.12. The standard InChI is InChI=1S/C11H12N2OS/c12-7-9-2-1-3-11(6-9)15-8-10-4-5-13-14-10/h1-6H,7-8,12H2. The molecule has 0 saturated carbocycles. The van der Waals surface area contributed by atoms with Crippen LogP contribution in [0.5, 0.6) is 0 Å². The summed E-state index contributed by atoms with van der Waals surface area (Å²) in [6.07, 6.45) is 1.66. The number of aromatic nitrogens is 1. The van der Waals surface area contributed by atoms with Crippen molar-refractivity contribution in [1.29, 1.82) is 0 Å². The predicted octanol–water partition coefficient (Wildman–Crippen LogP) is 2.43. The first kappa shape index (κ1) is 10.3. The molecule has 15 heavy (non-hydrogen) atoms. The van der Waals surface area contributed by atoms with E-state index < -0.39 is 0 Å². The zero-order valence-electron chi connectivity index (χ0n) is 8.22. The summed E-state index contributed by atoms with van der Waals surface area (Å²) in [5, 5.41) is 3.66. The Kier molecular flexibility index (Phi) is 3.42. The number of benzene rings is 1. The number of hydrogen-bond donors (Lipinski definition) is 1. The van der Waals surface area contributed by atoms with E-state index in [1.807, 2.05) is 18.2 Å². The van der Waals surface area contributed by atoms with Crippen molar-refractivity contribution in [3.63, 3.8) is 0 Å². The maximum Gasteiger partial charge on any atom is 0.146 e. The minimum Gasteiger partial charge on any atom is -0.361 e. The molecule has 4 heteroatoms. The molecule has 78 valence electrons. The molecule has 1 aromatic carbocycles. The van der Waals surface area contributed by atoms with E-state index in [0.717, 1.165) is 17.1 Å². The van der Waals surface area contributed by atoms with Gasteiger partial charge in [-0.3, -0.25) is 0 Å². The van der Waals surface area contributed by atoms with Gasteiger partial charge in [0.15, 0.2) is 0 Å². The van der Waals surface area contributed by atoms with Gasteiger partial charge in [0.05, 0.1) is 11.9 Å². The Morgan fingerprint density at radius 2 is 2.27 bits per heavy atom. The fourth-order valence-electron chi connectivity index (χ4n) is 1.23. The molecule has 2 rings (SSSR count). The Labute approximate surface area is 92.6 Å². The Morgan fingerprint density at radius 3 is 3.00 bits per heavy atom. The molecule has 2 aromatic rings. The van der Waals surface area contributed by atoms with Gasteiger partial charge < -0.3 is 10.3 Å². The van der Waals surface area contributed by atoms with Gasteiger partial charge in [-0.05, 0) is 17.7 Å². The molecular formula is C11H12N2OS. The molecule has 0 unspecified atom stereocenters. The predicted molar refractivity (Wildman–Crippen MR) is 60.4 cm³/mol. The van der Waals surface area contributed by atoms with E-state index in [9.17, 15) is 0 Å². The van der Waals surface area contributed by atoms with Crippen LogP contribution in [0.2, 0.25) is 0 Å². The molecule has 0 aliphatic carbocycles. The van der Waals surface area contributed by atoms with Crippen molar-refractivity contribution in [3.8, 4) is 0 Å². The van der Waals surface area contributed by atoms with Crippen LogP contribution in [0, 0.1) is 0 Å². The first-order valence-corrected chi connectivity index (χ1v) is 5.68. The highest BCUT2D eigenvalue weighted by molar-refractivity contribution is 7.98. The highest BCUT2D eigenvalue weighted by atomic mass is 32.2. The smallest absolute Gasteiger partial charge is 0.146 e. The SMILES string of the molecule is NCc1cccc(SCc2ccno2)c1. The Bertz CT molecular complexity index is 414. The summed E-state index contributed by atoms with van der Waals surface area (Å²) < 4.78 is 5.02. The average molecular weight is 220 g/mol. The van der Waals surface area contributed by atoms with Gasteiger partial charge >= 0.3 is 0 Å². The summed E-state index contributed by atoms with van der Waals surface area (Å²) in [7, 11) is 0. The largest absolute Gasteiger partial charge is 0.361 e. The van der Waals surface area contributed by atoms with Crippen molar-refractivity contribution in [2.24, 2.45) is 5.73 Å². The van der Waals surface area contributed by atoms with Crippen molar-refractivity contribution in [2.45, 2.75) is 17.2 Å². The first-order chi connectivity index (χ1) is 7.38. The molecule has 0 saturated heterocycles.